The highest BCUT2D eigenvalue weighted by atomic mass is 19.4. The molecule has 0 saturated heterocycles. The van der Waals surface area contributed by atoms with Gasteiger partial charge in [-0.15, -0.1) is 13.2 Å². The maximum absolute atomic E-state index is 12.1. The Morgan fingerprint density at radius 2 is 1.59 bits per heavy atom. The van der Waals surface area contributed by atoms with Crippen molar-refractivity contribution in [2.24, 2.45) is 0 Å². The molecule has 0 aliphatic carbocycles. The van der Waals surface area contributed by atoms with Crippen LogP contribution in [0.2, 0.25) is 0 Å². The Labute approximate surface area is 123 Å². The first kappa shape index (κ1) is 14.1. The van der Waals surface area contributed by atoms with Gasteiger partial charge >= 0.3 is 6.36 Å². The van der Waals surface area contributed by atoms with E-state index >= 15 is 0 Å². The van der Waals surface area contributed by atoms with Gasteiger partial charge in [0.25, 0.3) is 0 Å². The Bertz CT molecular complexity index is 788. The molecule has 0 radical (unpaired) electrons. The summed E-state index contributed by atoms with van der Waals surface area (Å²) in [4.78, 5) is 8.61. The van der Waals surface area contributed by atoms with Crippen LogP contribution < -0.4 is 10.1 Å². The largest absolute Gasteiger partial charge is 0.573 e. The molecule has 7 heteroatoms. The van der Waals surface area contributed by atoms with Gasteiger partial charge in [-0.25, -0.2) is 4.98 Å². The lowest BCUT2D eigenvalue weighted by Crippen LogP contribution is -2.16. The topological polar surface area (TPSA) is 47.0 Å². The number of halogens is 3. The van der Waals surface area contributed by atoms with E-state index in [1.807, 2.05) is 24.3 Å². The van der Waals surface area contributed by atoms with E-state index in [-0.39, 0.29) is 5.75 Å². The number of aromatic nitrogens is 2. The van der Waals surface area contributed by atoms with Crippen molar-refractivity contribution in [1.82, 2.24) is 9.97 Å². The van der Waals surface area contributed by atoms with Crippen molar-refractivity contribution in [1.29, 1.82) is 0 Å². The molecule has 0 spiro atoms. The van der Waals surface area contributed by atoms with Gasteiger partial charge in [0, 0.05) is 5.69 Å². The van der Waals surface area contributed by atoms with Crippen LogP contribution in [0.4, 0.5) is 24.7 Å². The van der Waals surface area contributed by atoms with Gasteiger partial charge in [0.15, 0.2) is 0 Å². The Hall–Kier alpha value is -2.83. The summed E-state index contributed by atoms with van der Waals surface area (Å²) in [5, 5.41) is 2.98. The van der Waals surface area contributed by atoms with Crippen LogP contribution in [-0.2, 0) is 0 Å². The lowest BCUT2D eigenvalue weighted by atomic mass is 10.3. The van der Waals surface area contributed by atoms with Gasteiger partial charge < -0.3 is 10.1 Å². The lowest BCUT2D eigenvalue weighted by molar-refractivity contribution is -0.274. The SMILES string of the molecule is FC(F)(F)Oc1ccc(Nc2cnc3ccccc3n2)cc1. The molecular formula is C15H10F3N3O. The lowest BCUT2D eigenvalue weighted by Gasteiger charge is -2.10. The molecule has 3 rings (SSSR count). The number of anilines is 2. The van der Waals surface area contributed by atoms with E-state index in [0.29, 0.717) is 11.5 Å². The fourth-order valence-corrected chi connectivity index (χ4v) is 1.91. The standard InChI is InChI=1S/C15H10F3N3O/c16-15(17,18)22-11-7-5-10(6-8-11)20-14-9-19-12-3-1-2-4-13(12)21-14/h1-9H,(H,20,21). The van der Waals surface area contributed by atoms with Crippen LogP contribution in [0.5, 0.6) is 5.75 Å². The van der Waals surface area contributed by atoms with E-state index in [0.717, 1.165) is 11.0 Å². The van der Waals surface area contributed by atoms with Crippen molar-refractivity contribution in [2.45, 2.75) is 6.36 Å². The predicted molar refractivity (Wildman–Crippen MR) is 75.9 cm³/mol. The number of nitrogens with one attached hydrogen (secondary N) is 1. The summed E-state index contributed by atoms with van der Waals surface area (Å²) in [6.07, 6.45) is -3.14. The first-order valence-corrected chi connectivity index (χ1v) is 6.34. The summed E-state index contributed by atoms with van der Waals surface area (Å²) in [6.45, 7) is 0. The number of fused-ring (bicyclic) bond motifs is 1. The van der Waals surface area contributed by atoms with E-state index in [4.69, 9.17) is 0 Å². The van der Waals surface area contributed by atoms with Crippen LogP contribution in [-0.4, -0.2) is 16.3 Å². The summed E-state index contributed by atoms with van der Waals surface area (Å²) in [6, 6.07) is 12.8. The number of ether oxygens (including phenoxy) is 1. The molecule has 3 aromatic rings. The highest BCUT2D eigenvalue weighted by Crippen LogP contribution is 2.25. The third-order valence-electron chi connectivity index (χ3n) is 2.81. The molecule has 0 bridgehead atoms. The highest BCUT2D eigenvalue weighted by Gasteiger charge is 2.30. The van der Waals surface area contributed by atoms with E-state index in [9.17, 15) is 13.2 Å². The molecule has 1 heterocycles. The fourth-order valence-electron chi connectivity index (χ4n) is 1.91. The van der Waals surface area contributed by atoms with Gasteiger partial charge in [-0.3, -0.25) is 4.98 Å². The zero-order valence-electron chi connectivity index (χ0n) is 11.1. The minimum atomic E-state index is -4.70. The zero-order valence-corrected chi connectivity index (χ0v) is 11.1. The molecule has 0 aliphatic heterocycles. The Balaban J connectivity index is 1.77. The molecule has 0 atom stereocenters. The summed E-state index contributed by atoms with van der Waals surface area (Å²) < 4.78 is 40.1. The molecule has 2 aromatic carbocycles. The number of nitrogens with zero attached hydrogens (tertiary/aromatic N) is 2. The monoisotopic (exact) mass is 305 g/mol. The zero-order chi connectivity index (χ0) is 15.6. The number of rotatable bonds is 3. The van der Waals surface area contributed by atoms with Crippen molar-refractivity contribution in [2.75, 3.05) is 5.32 Å². The van der Waals surface area contributed by atoms with Crippen molar-refractivity contribution < 1.29 is 17.9 Å². The summed E-state index contributed by atoms with van der Waals surface area (Å²) in [5.74, 6) is 0.228. The van der Waals surface area contributed by atoms with Crippen molar-refractivity contribution in [3.8, 4) is 5.75 Å². The Morgan fingerprint density at radius 3 is 2.27 bits per heavy atom. The van der Waals surface area contributed by atoms with Crippen LogP contribution in [0.3, 0.4) is 0 Å². The van der Waals surface area contributed by atoms with Gasteiger partial charge in [-0.05, 0) is 36.4 Å². The van der Waals surface area contributed by atoms with E-state index in [1.165, 1.54) is 24.3 Å². The van der Waals surface area contributed by atoms with Gasteiger partial charge in [0.1, 0.15) is 11.6 Å². The van der Waals surface area contributed by atoms with Crippen LogP contribution >= 0.6 is 0 Å². The van der Waals surface area contributed by atoms with Crippen molar-refractivity contribution in [3.05, 3.63) is 54.7 Å². The minimum Gasteiger partial charge on any atom is -0.406 e. The van der Waals surface area contributed by atoms with Crippen molar-refractivity contribution >= 4 is 22.5 Å². The summed E-state index contributed by atoms with van der Waals surface area (Å²) in [7, 11) is 0. The number of benzene rings is 2. The predicted octanol–water partition coefficient (Wildman–Crippen LogP) is 4.27. The molecule has 22 heavy (non-hydrogen) atoms. The van der Waals surface area contributed by atoms with Crippen LogP contribution in [0.25, 0.3) is 11.0 Å². The highest BCUT2D eigenvalue weighted by molar-refractivity contribution is 5.76. The summed E-state index contributed by atoms with van der Waals surface area (Å²) >= 11 is 0. The molecule has 112 valence electrons. The van der Waals surface area contributed by atoms with Gasteiger partial charge in [-0.2, -0.15) is 0 Å². The van der Waals surface area contributed by atoms with E-state index in [1.54, 1.807) is 6.20 Å². The van der Waals surface area contributed by atoms with Crippen molar-refractivity contribution in [3.63, 3.8) is 0 Å². The minimum absolute atomic E-state index is 0.275. The summed E-state index contributed by atoms with van der Waals surface area (Å²) in [5.41, 5.74) is 2.07. The first-order valence-electron chi connectivity index (χ1n) is 6.34. The average molecular weight is 305 g/mol. The molecule has 1 aromatic heterocycles. The molecule has 1 N–H and O–H groups in total. The third-order valence-corrected chi connectivity index (χ3v) is 2.81. The molecule has 0 amide bonds. The Kier molecular flexibility index (Phi) is 3.54. The van der Waals surface area contributed by atoms with Gasteiger partial charge in [0.05, 0.1) is 17.2 Å². The Morgan fingerprint density at radius 1 is 0.909 bits per heavy atom. The van der Waals surface area contributed by atoms with Crippen LogP contribution in [0.15, 0.2) is 54.7 Å². The van der Waals surface area contributed by atoms with E-state index < -0.39 is 6.36 Å². The molecule has 4 nitrogen and oxygen atoms in total. The normalized spacial score (nSPS) is 11.4. The second-order valence-electron chi connectivity index (χ2n) is 4.44. The number of alkyl halides is 3. The molecule has 0 unspecified atom stereocenters. The van der Waals surface area contributed by atoms with E-state index in [2.05, 4.69) is 20.0 Å². The fraction of sp³-hybridized carbons (Fsp3) is 0.0667. The first-order chi connectivity index (χ1) is 10.5. The van der Waals surface area contributed by atoms with Crippen LogP contribution in [0, 0.1) is 0 Å². The second kappa shape index (κ2) is 5.51. The van der Waals surface area contributed by atoms with Gasteiger partial charge in [-0.1, -0.05) is 12.1 Å². The maximum atomic E-state index is 12.1. The van der Waals surface area contributed by atoms with Gasteiger partial charge in [0.2, 0.25) is 0 Å². The average Bonchev–Trinajstić information content (AvgIpc) is 2.48. The number of hydrogen-bond donors (Lipinski definition) is 1. The quantitative estimate of drug-likeness (QED) is 0.785. The molecule has 0 aliphatic rings. The second-order valence-corrected chi connectivity index (χ2v) is 4.44. The third kappa shape index (κ3) is 3.43. The smallest absolute Gasteiger partial charge is 0.406 e. The molecular weight excluding hydrogens is 295 g/mol. The van der Waals surface area contributed by atoms with Crippen LogP contribution in [0.1, 0.15) is 0 Å². The maximum Gasteiger partial charge on any atom is 0.573 e. The molecule has 0 fully saturated rings. The molecule has 0 saturated carbocycles. The number of hydrogen-bond acceptors (Lipinski definition) is 4. The number of para-hydroxylation sites is 2.